The van der Waals surface area contributed by atoms with E-state index in [2.05, 4.69) is 10.1 Å². The van der Waals surface area contributed by atoms with Gasteiger partial charge in [-0.2, -0.15) is 0 Å². The molecule has 1 N–H and O–H groups in total. The summed E-state index contributed by atoms with van der Waals surface area (Å²) in [7, 11) is 1.20. The number of nitro groups is 1. The van der Waals surface area contributed by atoms with Crippen LogP contribution in [0.3, 0.4) is 0 Å². The summed E-state index contributed by atoms with van der Waals surface area (Å²) in [5.74, 6) is -2.60. The van der Waals surface area contributed by atoms with Gasteiger partial charge in [-0.15, -0.1) is 0 Å². The van der Waals surface area contributed by atoms with E-state index in [9.17, 15) is 24.5 Å². The number of ether oxygens (including phenoxy) is 2. The zero-order valence-corrected chi connectivity index (χ0v) is 15.2. The van der Waals surface area contributed by atoms with Gasteiger partial charge in [0.15, 0.2) is 6.61 Å². The van der Waals surface area contributed by atoms with Crippen molar-refractivity contribution in [1.29, 1.82) is 0 Å². The Hall–Kier alpha value is -2.68. The molecule has 1 aromatic rings. The molecule has 0 aliphatic rings. The third-order valence-corrected chi connectivity index (χ3v) is 3.93. The number of esters is 2. The first-order valence-corrected chi connectivity index (χ1v) is 8.07. The van der Waals surface area contributed by atoms with Gasteiger partial charge in [0.05, 0.1) is 12.0 Å². The number of nitrogens with one attached hydrogen (secondary N) is 1. The number of halogens is 1. The second kappa shape index (κ2) is 9.71. The summed E-state index contributed by atoms with van der Waals surface area (Å²) >= 11 is 5.67. The van der Waals surface area contributed by atoms with E-state index in [4.69, 9.17) is 16.3 Å². The lowest BCUT2D eigenvalue weighted by atomic mass is 9.99. The zero-order valence-electron chi connectivity index (χ0n) is 14.5. The van der Waals surface area contributed by atoms with E-state index >= 15 is 0 Å². The number of carbonyl (C=O) groups is 3. The van der Waals surface area contributed by atoms with Gasteiger partial charge in [-0.1, -0.05) is 31.9 Å². The van der Waals surface area contributed by atoms with E-state index < -0.39 is 41.1 Å². The smallest absolute Gasteiger partial charge is 0.345 e. The number of carbonyl (C=O) groups excluding carboxylic acids is 3. The Morgan fingerprint density at radius 1 is 1.35 bits per heavy atom. The average Bonchev–Trinajstić information content (AvgIpc) is 2.62. The highest BCUT2D eigenvalue weighted by atomic mass is 35.5. The van der Waals surface area contributed by atoms with Crippen molar-refractivity contribution in [3.8, 4) is 0 Å². The van der Waals surface area contributed by atoms with Crippen LogP contribution >= 0.6 is 11.6 Å². The lowest BCUT2D eigenvalue weighted by Gasteiger charge is -2.21. The molecule has 0 aromatic heterocycles. The topological polar surface area (TPSA) is 125 Å². The predicted molar refractivity (Wildman–Crippen MR) is 91.8 cm³/mol. The Kier molecular flexibility index (Phi) is 7.98. The van der Waals surface area contributed by atoms with Gasteiger partial charge in [0.1, 0.15) is 11.6 Å². The van der Waals surface area contributed by atoms with Crippen LogP contribution in [0.25, 0.3) is 0 Å². The SMILES string of the molecule is CCC(C)C(NC(=O)COC(=O)c1ccc(Cl)cc1[N+](=O)[O-])C(=O)OC. The van der Waals surface area contributed by atoms with E-state index in [0.29, 0.717) is 6.42 Å². The molecule has 0 bridgehead atoms. The maximum Gasteiger partial charge on any atom is 0.345 e. The fourth-order valence-electron chi connectivity index (χ4n) is 2.05. The van der Waals surface area contributed by atoms with Crippen LogP contribution in [-0.4, -0.2) is 42.5 Å². The normalized spacial score (nSPS) is 12.6. The van der Waals surface area contributed by atoms with Gasteiger partial charge in [-0.3, -0.25) is 14.9 Å². The summed E-state index contributed by atoms with van der Waals surface area (Å²) in [6.45, 7) is 2.89. The molecule has 26 heavy (non-hydrogen) atoms. The first-order valence-electron chi connectivity index (χ1n) is 7.69. The molecule has 1 amide bonds. The average molecular weight is 387 g/mol. The molecule has 0 heterocycles. The van der Waals surface area contributed by atoms with Gasteiger partial charge in [-0.25, -0.2) is 9.59 Å². The highest BCUT2D eigenvalue weighted by Crippen LogP contribution is 2.23. The molecule has 0 saturated carbocycles. The van der Waals surface area contributed by atoms with Crippen molar-refractivity contribution in [2.45, 2.75) is 26.3 Å². The van der Waals surface area contributed by atoms with Gasteiger partial charge in [-0.05, 0) is 18.1 Å². The Balaban J connectivity index is 2.77. The Labute approximate surface area is 154 Å². The summed E-state index contributed by atoms with van der Waals surface area (Å²) in [5.41, 5.74) is -0.867. The monoisotopic (exact) mass is 386 g/mol. The fourth-order valence-corrected chi connectivity index (χ4v) is 2.21. The van der Waals surface area contributed by atoms with E-state index in [-0.39, 0.29) is 16.5 Å². The van der Waals surface area contributed by atoms with Crippen molar-refractivity contribution in [2.24, 2.45) is 5.92 Å². The minimum atomic E-state index is -1.05. The molecule has 0 aliphatic carbocycles. The standard InChI is InChI=1S/C16H19ClN2O7/c1-4-9(2)14(16(22)25-3)18-13(20)8-26-15(21)11-6-5-10(17)7-12(11)19(23)24/h5-7,9,14H,4,8H2,1-3H3,(H,18,20). The number of nitro benzene ring substituents is 1. The van der Waals surface area contributed by atoms with Crippen molar-refractivity contribution >= 4 is 35.1 Å². The summed E-state index contributed by atoms with van der Waals surface area (Å²) in [6.07, 6.45) is 0.608. The second-order valence-corrected chi connectivity index (χ2v) is 5.89. The van der Waals surface area contributed by atoms with Crippen LogP contribution in [0, 0.1) is 16.0 Å². The van der Waals surface area contributed by atoms with Gasteiger partial charge in [0.2, 0.25) is 0 Å². The highest BCUT2D eigenvalue weighted by molar-refractivity contribution is 6.31. The number of hydrogen-bond donors (Lipinski definition) is 1. The number of amides is 1. The van der Waals surface area contributed by atoms with Crippen LogP contribution in [0.1, 0.15) is 30.6 Å². The molecule has 10 heteroatoms. The molecule has 142 valence electrons. The maximum absolute atomic E-state index is 12.0. The summed E-state index contributed by atoms with van der Waals surface area (Å²) < 4.78 is 9.43. The molecule has 0 radical (unpaired) electrons. The minimum absolute atomic E-state index is 0.0838. The molecular formula is C16H19ClN2O7. The van der Waals surface area contributed by atoms with Crippen LogP contribution in [0.4, 0.5) is 5.69 Å². The molecule has 0 spiro atoms. The first kappa shape index (κ1) is 21.4. The van der Waals surface area contributed by atoms with Crippen LogP contribution in [-0.2, 0) is 19.1 Å². The van der Waals surface area contributed by atoms with E-state index in [1.54, 1.807) is 6.92 Å². The largest absolute Gasteiger partial charge is 0.467 e. The Bertz CT molecular complexity index is 708. The summed E-state index contributed by atoms with van der Waals surface area (Å²) in [5, 5.41) is 13.5. The predicted octanol–water partition coefficient (Wildman–Crippen LogP) is 2.11. The Morgan fingerprint density at radius 2 is 2.00 bits per heavy atom. The van der Waals surface area contributed by atoms with Crippen LogP contribution in [0.15, 0.2) is 18.2 Å². The molecule has 1 rings (SSSR count). The Morgan fingerprint density at radius 3 is 2.54 bits per heavy atom. The third kappa shape index (κ3) is 5.69. The number of benzene rings is 1. The molecule has 9 nitrogen and oxygen atoms in total. The van der Waals surface area contributed by atoms with Gasteiger partial charge < -0.3 is 14.8 Å². The number of rotatable bonds is 8. The number of nitrogens with zero attached hydrogens (tertiary/aromatic N) is 1. The van der Waals surface area contributed by atoms with Gasteiger partial charge >= 0.3 is 11.9 Å². The second-order valence-electron chi connectivity index (χ2n) is 5.45. The lowest BCUT2D eigenvalue weighted by molar-refractivity contribution is -0.385. The fraction of sp³-hybridized carbons (Fsp3) is 0.438. The van der Waals surface area contributed by atoms with Crippen molar-refractivity contribution in [3.05, 3.63) is 38.9 Å². The van der Waals surface area contributed by atoms with Gasteiger partial charge in [0, 0.05) is 11.1 Å². The molecule has 0 aliphatic heterocycles. The maximum atomic E-state index is 12.0. The minimum Gasteiger partial charge on any atom is -0.467 e. The molecule has 2 atom stereocenters. The van der Waals surface area contributed by atoms with Crippen molar-refractivity contribution < 1.29 is 28.8 Å². The van der Waals surface area contributed by atoms with E-state index in [1.165, 1.54) is 13.2 Å². The lowest BCUT2D eigenvalue weighted by Crippen LogP contribution is -2.47. The van der Waals surface area contributed by atoms with Gasteiger partial charge in [0.25, 0.3) is 11.6 Å². The highest BCUT2D eigenvalue weighted by Gasteiger charge is 2.28. The molecule has 0 fully saturated rings. The van der Waals surface area contributed by atoms with Crippen LogP contribution < -0.4 is 5.32 Å². The molecular weight excluding hydrogens is 368 g/mol. The third-order valence-electron chi connectivity index (χ3n) is 3.70. The quantitative estimate of drug-likeness (QED) is 0.412. The van der Waals surface area contributed by atoms with Crippen LogP contribution in [0.5, 0.6) is 0 Å². The summed E-state index contributed by atoms with van der Waals surface area (Å²) in [4.78, 5) is 45.9. The molecule has 2 unspecified atom stereocenters. The summed E-state index contributed by atoms with van der Waals surface area (Å²) in [6, 6.07) is 2.55. The van der Waals surface area contributed by atoms with Crippen molar-refractivity contribution in [1.82, 2.24) is 5.32 Å². The first-order chi connectivity index (χ1) is 12.2. The number of hydrogen-bond acceptors (Lipinski definition) is 7. The van der Waals surface area contributed by atoms with Crippen molar-refractivity contribution in [2.75, 3.05) is 13.7 Å². The van der Waals surface area contributed by atoms with E-state index in [1.807, 2.05) is 6.92 Å². The van der Waals surface area contributed by atoms with E-state index in [0.717, 1.165) is 12.1 Å². The molecule has 1 aromatic carbocycles. The van der Waals surface area contributed by atoms with Crippen molar-refractivity contribution in [3.63, 3.8) is 0 Å². The molecule has 0 saturated heterocycles. The van der Waals surface area contributed by atoms with Crippen LogP contribution in [0.2, 0.25) is 5.02 Å². The zero-order chi connectivity index (χ0) is 19.9. The number of methoxy groups -OCH3 is 1.